The maximum Gasteiger partial charge on any atom is 0.213 e. The lowest BCUT2D eigenvalue weighted by molar-refractivity contribution is 0.394. The second-order valence-electron chi connectivity index (χ2n) is 3.78. The highest BCUT2D eigenvalue weighted by molar-refractivity contribution is 5.16. The van der Waals surface area contributed by atoms with Crippen molar-refractivity contribution in [2.45, 2.75) is 26.3 Å². The van der Waals surface area contributed by atoms with Crippen molar-refractivity contribution in [3.05, 3.63) is 23.9 Å². The highest BCUT2D eigenvalue weighted by Gasteiger charge is 2.09. The van der Waals surface area contributed by atoms with Crippen LogP contribution in [0.4, 0.5) is 0 Å². The van der Waals surface area contributed by atoms with Crippen molar-refractivity contribution in [2.75, 3.05) is 7.11 Å². The second-order valence-corrected chi connectivity index (χ2v) is 3.78. The van der Waals surface area contributed by atoms with Crippen LogP contribution in [0.15, 0.2) is 18.2 Å². The van der Waals surface area contributed by atoms with Crippen LogP contribution < -0.4 is 10.5 Å². The van der Waals surface area contributed by atoms with Crippen LogP contribution in [-0.4, -0.2) is 18.1 Å². The summed E-state index contributed by atoms with van der Waals surface area (Å²) in [6, 6.07) is 5.92. The number of rotatable bonds is 4. The summed E-state index contributed by atoms with van der Waals surface area (Å²) in [5.74, 6) is 1.13. The Labute approximate surface area is 85.3 Å². The van der Waals surface area contributed by atoms with Crippen LogP contribution in [0.25, 0.3) is 0 Å². The maximum absolute atomic E-state index is 5.96. The molecule has 3 heteroatoms. The first-order valence-electron chi connectivity index (χ1n) is 4.89. The predicted octanol–water partition coefficient (Wildman–Crippen LogP) is 1.62. The van der Waals surface area contributed by atoms with E-state index in [0.717, 1.165) is 12.1 Å². The van der Waals surface area contributed by atoms with E-state index in [0.29, 0.717) is 11.8 Å². The van der Waals surface area contributed by atoms with Crippen LogP contribution >= 0.6 is 0 Å². The molecule has 0 saturated carbocycles. The van der Waals surface area contributed by atoms with E-state index in [1.54, 1.807) is 7.11 Å². The van der Waals surface area contributed by atoms with Crippen molar-refractivity contribution in [1.82, 2.24) is 4.98 Å². The molecule has 1 atom stereocenters. The number of methoxy groups -OCH3 is 1. The molecule has 3 nitrogen and oxygen atoms in total. The molecule has 0 aliphatic rings. The minimum absolute atomic E-state index is 0.162. The molecule has 0 aliphatic heterocycles. The first kappa shape index (κ1) is 11.0. The average Bonchev–Trinajstić information content (AvgIpc) is 2.18. The molecule has 1 rings (SSSR count). The van der Waals surface area contributed by atoms with Gasteiger partial charge in [-0.3, -0.25) is 0 Å². The molecule has 2 N–H and O–H groups in total. The third kappa shape index (κ3) is 3.00. The zero-order chi connectivity index (χ0) is 10.6. The topological polar surface area (TPSA) is 48.1 Å². The Hall–Kier alpha value is -1.09. The van der Waals surface area contributed by atoms with Gasteiger partial charge >= 0.3 is 0 Å². The lowest BCUT2D eigenvalue weighted by Crippen LogP contribution is -2.29. The molecule has 1 heterocycles. The Morgan fingerprint density at radius 2 is 2.14 bits per heavy atom. The summed E-state index contributed by atoms with van der Waals surface area (Å²) in [4.78, 5) is 4.31. The molecule has 0 aromatic carbocycles. The van der Waals surface area contributed by atoms with Gasteiger partial charge in [0.2, 0.25) is 5.88 Å². The fourth-order valence-electron chi connectivity index (χ4n) is 1.16. The molecule has 0 saturated heterocycles. The van der Waals surface area contributed by atoms with E-state index in [2.05, 4.69) is 18.8 Å². The summed E-state index contributed by atoms with van der Waals surface area (Å²) in [5.41, 5.74) is 6.95. The number of ether oxygens (including phenoxy) is 1. The first-order chi connectivity index (χ1) is 6.63. The monoisotopic (exact) mass is 194 g/mol. The Morgan fingerprint density at radius 3 is 2.71 bits per heavy atom. The second kappa shape index (κ2) is 4.96. The zero-order valence-electron chi connectivity index (χ0n) is 9.03. The molecule has 0 bridgehead atoms. The van der Waals surface area contributed by atoms with E-state index in [1.165, 1.54) is 0 Å². The van der Waals surface area contributed by atoms with Crippen molar-refractivity contribution in [3.63, 3.8) is 0 Å². The van der Waals surface area contributed by atoms with Crippen LogP contribution in [0.2, 0.25) is 0 Å². The summed E-state index contributed by atoms with van der Waals surface area (Å²) < 4.78 is 5.04. The summed E-state index contributed by atoms with van der Waals surface area (Å²) in [7, 11) is 1.62. The first-order valence-corrected chi connectivity index (χ1v) is 4.89. The third-order valence-electron chi connectivity index (χ3n) is 2.29. The largest absolute Gasteiger partial charge is 0.481 e. The Morgan fingerprint density at radius 1 is 1.43 bits per heavy atom. The number of aromatic nitrogens is 1. The van der Waals surface area contributed by atoms with Gasteiger partial charge in [0.25, 0.3) is 0 Å². The minimum Gasteiger partial charge on any atom is -0.481 e. The van der Waals surface area contributed by atoms with Gasteiger partial charge in [-0.15, -0.1) is 0 Å². The highest BCUT2D eigenvalue weighted by Crippen LogP contribution is 2.10. The quantitative estimate of drug-likeness (QED) is 0.792. The fraction of sp³-hybridized carbons (Fsp3) is 0.545. The zero-order valence-corrected chi connectivity index (χ0v) is 9.03. The molecule has 14 heavy (non-hydrogen) atoms. The molecule has 0 fully saturated rings. The molecular formula is C11H18N2O. The van der Waals surface area contributed by atoms with Gasteiger partial charge < -0.3 is 10.5 Å². The van der Waals surface area contributed by atoms with Crippen molar-refractivity contribution in [3.8, 4) is 5.88 Å². The van der Waals surface area contributed by atoms with Gasteiger partial charge in [-0.05, 0) is 12.0 Å². The van der Waals surface area contributed by atoms with Crippen LogP contribution in [0.5, 0.6) is 5.88 Å². The number of hydrogen-bond donors (Lipinski definition) is 1. The van der Waals surface area contributed by atoms with Crippen molar-refractivity contribution < 1.29 is 4.74 Å². The minimum atomic E-state index is 0.162. The van der Waals surface area contributed by atoms with Crippen molar-refractivity contribution in [2.24, 2.45) is 11.7 Å². The van der Waals surface area contributed by atoms with Gasteiger partial charge in [-0.25, -0.2) is 4.98 Å². The molecule has 1 aromatic heterocycles. The number of nitrogens with two attached hydrogens (primary N) is 1. The van der Waals surface area contributed by atoms with Gasteiger partial charge in [0.1, 0.15) is 0 Å². The Kier molecular flexibility index (Phi) is 3.89. The van der Waals surface area contributed by atoms with Crippen LogP contribution in [0.3, 0.4) is 0 Å². The van der Waals surface area contributed by atoms with E-state index in [1.807, 2.05) is 18.2 Å². The smallest absolute Gasteiger partial charge is 0.213 e. The number of nitrogens with zero attached hydrogens (tertiary/aromatic N) is 1. The maximum atomic E-state index is 5.96. The van der Waals surface area contributed by atoms with Crippen LogP contribution in [0.1, 0.15) is 19.5 Å². The molecule has 0 amide bonds. The lowest BCUT2D eigenvalue weighted by atomic mass is 10.0. The SMILES string of the molecule is COc1cccc(CC(N)C(C)C)n1. The molecule has 1 aromatic rings. The molecule has 0 radical (unpaired) electrons. The molecule has 0 aliphatic carbocycles. The third-order valence-corrected chi connectivity index (χ3v) is 2.29. The molecule has 0 spiro atoms. The average molecular weight is 194 g/mol. The van der Waals surface area contributed by atoms with Gasteiger partial charge in [0.15, 0.2) is 0 Å². The fourth-order valence-corrected chi connectivity index (χ4v) is 1.16. The van der Waals surface area contributed by atoms with Crippen LogP contribution in [-0.2, 0) is 6.42 Å². The van der Waals surface area contributed by atoms with E-state index in [4.69, 9.17) is 10.5 Å². The summed E-state index contributed by atoms with van der Waals surface area (Å²) in [6.45, 7) is 4.23. The predicted molar refractivity (Wildman–Crippen MR) is 57.3 cm³/mol. The lowest BCUT2D eigenvalue weighted by Gasteiger charge is -2.14. The van der Waals surface area contributed by atoms with E-state index in [9.17, 15) is 0 Å². The number of hydrogen-bond acceptors (Lipinski definition) is 3. The molecule has 1 unspecified atom stereocenters. The van der Waals surface area contributed by atoms with E-state index >= 15 is 0 Å². The Balaban J connectivity index is 2.66. The van der Waals surface area contributed by atoms with Crippen LogP contribution in [0, 0.1) is 5.92 Å². The van der Waals surface area contributed by atoms with Crippen molar-refractivity contribution in [1.29, 1.82) is 0 Å². The summed E-state index contributed by atoms with van der Waals surface area (Å²) in [6.07, 6.45) is 0.800. The van der Waals surface area contributed by atoms with Gasteiger partial charge in [-0.2, -0.15) is 0 Å². The number of pyridine rings is 1. The summed E-state index contributed by atoms with van der Waals surface area (Å²) in [5, 5.41) is 0. The van der Waals surface area contributed by atoms with Gasteiger partial charge in [0, 0.05) is 24.2 Å². The van der Waals surface area contributed by atoms with Gasteiger partial charge in [0.05, 0.1) is 7.11 Å². The van der Waals surface area contributed by atoms with Gasteiger partial charge in [-0.1, -0.05) is 19.9 Å². The molecule has 78 valence electrons. The summed E-state index contributed by atoms with van der Waals surface area (Å²) >= 11 is 0. The standard InChI is InChI=1S/C11H18N2O/c1-8(2)10(12)7-9-5-4-6-11(13-9)14-3/h4-6,8,10H,7,12H2,1-3H3. The normalized spacial score (nSPS) is 12.9. The van der Waals surface area contributed by atoms with Crippen molar-refractivity contribution >= 4 is 0 Å². The Bertz CT molecular complexity index is 286. The van der Waals surface area contributed by atoms with E-state index < -0.39 is 0 Å². The molecular weight excluding hydrogens is 176 g/mol. The highest BCUT2D eigenvalue weighted by atomic mass is 16.5. The van der Waals surface area contributed by atoms with E-state index in [-0.39, 0.29) is 6.04 Å².